The first kappa shape index (κ1) is 18.9. The van der Waals surface area contributed by atoms with Gasteiger partial charge in [-0.25, -0.2) is 0 Å². The molecular formula is C21H26ClN3O. The SMILES string of the molecule is CN1CCN(C(CNC(=O)Cc2ccccc2)c2ccccc2Cl)CC1. The molecule has 1 heterocycles. The van der Waals surface area contributed by atoms with Gasteiger partial charge in [0, 0.05) is 37.7 Å². The Morgan fingerprint density at radius 2 is 1.69 bits per heavy atom. The van der Waals surface area contributed by atoms with Crippen molar-refractivity contribution in [1.82, 2.24) is 15.1 Å². The number of rotatable bonds is 6. The topological polar surface area (TPSA) is 35.6 Å². The molecule has 26 heavy (non-hydrogen) atoms. The Hall–Kier alpha value is -1.88. The third-order valence-corrected chi connectivity index (χ3v) is 5.29. The Bertz CT molecular complexity index is 714. The van der Waals surface area contributed by atoms with Gasteiger partial charge in [-0.05, 0) is 24.2 Å². The van der Waals surface area contributed by atoms with Crippen LogP contribution in [0.1, 0.15) is 17.2 Å². The van der Waals surface area contributed by atoms with Crippen LogP contribution in [0, 0.1) is 0 Å². The molecule has 3 rings (SSSR count). The molecule has 138 valence electrons. The predicted molar refractivity (Wildman–Crippen MR) is 106 cm³/mol. The van der Waals surface area contributed by atoms with E-state index in [-0.39, 0.29) is 11.9 Å². The van der Waals surface area contributed by atoms with Crippen molar-refractivity contribution in [3.8, 4) is 0 Å². The van der Waals surface area contributed by atoms with Crippen LogP contribution in [0.15, 0.2) is 54.6 Å². The maximum atomic E-state index is 12.4. The number of amides is 1. The number of hydrogen-bond acceptors (Lipinski definition) is 3. The van der Waals surface area contributed by atoms with Gasteiger partial charge in [-0.2, -0.15) is 0 Å². The molecule has 1 saturated heterocycles. The summed E-state index contributed by atoms with van der Waals surface area (Å²) < 4.78 is 0. The van der Waals surface area contributed by atoms with Gasteiger partial charge in [-0.15, -0.1) is 0 Å². The summed E-state index contributed by atoms with van der Waals surface area (Å²) in [5.41, 5.74) is 2.11. The molecule has 0 bridgehead atoms. The number of halogens is 1. The van der Waals surface area contributed by atoms with Crippen molar-refractivity contribution < 1.29 is 4.79 Å². The van der Waals surface area contributed by atoms with Crippen molar-refractivity contribution >= 4 is 17.5 Å². The van der Waals surface area contributed by atoms with Crippen LogP contribution in [0.5, 0.6) is 0 Å². The van der Waals surface area contributed by atoms with Crippen LogP contribution in [0.25, 0.3) is 0 Å². The molecule has 1 atom stereocenters. The van der Waals surface area contributed by atoms with Gasteiger partial charge in [0.05, 0.1) is 12.5 Å². The average molecular weight is 372 g/mol. The monoisotopic (exact) mass is 371 g/mol. The van der Waals surface area contributed by atoms with Gasteiger partial charge in [0.25, 0.3) is 0 Å². The number of likely N-dealkylation sites (N-methyl/N-ethyl adjacent to an activating group) is 1. The van der Waals surface area contributed by atoms with Crippen LogP contribution in [0.2, 0.25) is 5.02 Å². The molecule has 0 aliphatic carbocycles. The highest BCUT2D eigenvalue weighted by molar-refractivity contribution is 6.31. The molecule has 1 amide bonds. The Morgan fingerprint density at radius 1 is 1.04 bits per heavy atom. The maximum absolute atomic E-state index is 12.4. The lowest BCUT2D eigenvalue weighted by molar-refractivity contribution is -0.120. The van der Waals surface area contributed by atoms with Crippen molar-refractivity contribution in [2.45, 2.75) is 12.5 Å². The van der Waals surface area contributed by atoms with E-state index in [1.807, 2.05) is 48.5 Å². The van der Waals surface area contributed by atoms with Crippen molar-refractivity contribution in [2.24, 2.45) is 0 Å². The highest BCUT2D eigenvalue weighted by Crippen LogP contribution is 2.27. The number of benzene rings is 2. The number of hydrogen-bond donors (Lipinski definition) is 1. The normalized spacial score (nSPS) is 17.0. The van der Waals surface area contributed by atoms with E-state index in [4.69, 9.17) is 11.6 Å². The van der Waals surface area contributed by atoms with Gasteiger partial charge in [-0.1, -0.05) is 60.1 Å². The molecule has 1 fully saturated rings. The lowest BCUT2D eigenvalue weighted by atomic mass is 10.0. The van der Waals surface area contributed by atoms with E-state index in [1.165, 1.54) is 0 Å². The van der Waals surface area contributed by atoms with Gasteiger partial charge in [-0.3, -0.25) is 9.69 Å². The molecule has 5 heteroatoms. The molecule has 0 aromatic heterocycles. The minimum atomic E-state index is 0.0439. The van der Waals surface area contributed by atoms with E-state index >= 15 is 0 Å². The van der Waals surface area contributed by atoms with Gasteiger partial charge >= 0.3 is 0 Å². The minimum Gasteiger partial charge on any atom is -0.354 e. The number of carbonyl (C=O) groups is 1. The highest BCUT2D eigenvalue weighted by Gasteiger charge is 2.25. The fraction of sp³-hybridized carbons (Fsp3) is 0.381. The van der Waals surface area contributed by atoms with Crippen molar-refractivity contribution in [3.63, 3.8) is 0 Å². The van der Waals surface area contributed by atoms with E-state index < -0.39 is 0 Å². The Labute approximate surface area is 160 Å². The fourth-order valence-electron chi connectivity index (χ4n) is 3.37. The standard InChI is InChI=1S/C21H26ClN3O/c1-24-11-13-25(14-12-24)20(18-9-5-6-10-19(18)22)16-23-21(26)15-17-7-3-2-4-8-17/h2-10,20H,11-16H2,1H3,(H,23,26). The zero-order valence-corrected chi connectivity index (χ0v) is 16.0. The van der Waals surface area contributed by atoms with Crippen LogP contribution < -0.4 is 5.32 Å². The number of carbonyl (C=O) groups excluding carboxylic acids is 1. The molecule has 1 unspecified atom stereocenters. The Kier molecular flexibility index (Phi) is 6.67. The second-order valence-corrected chi connectivity index (χ2v) is 7.25. The molecule has 0 spiro atoms. The summed E-state index contributed by atoms with van der Waals surface area (Å²) in [6, 6.07) is 17.9. The van der Waals surface area contributed by atoms with Crippen molar-refractivity contribution in [2.75, 3.05) is 39.8 Å². The third-order valence-electron chi connectivity index (χ3n) is 4.94. The molecule has 4 nitrogen and oxygen atoms in total. The van der Waals surface area contributed by atoms with E-state index in [2.05, 4.69) is 28.2 Å². The smallest absolute Gasteiger partial charge is 0.224 e. The minimum absolute atomic E-state index is 0.0439. The third kappa shape index (κ3) is 5.07. The number of nitrogens with one attached hydrogen (secondary N) is 1. The summed E-state index contributed by atoms with van der Waals surface area (Å²) in [5.74, 6) is 0.0439. The fourth-order valence-corrected chi connectivity index (χ4v) is 3.63. The molecule has 0 saturated carbocycles. The average Bonchev–Trinajstić information content (AvgIpc) is 2.65. The summed E-state index contributed by atoms with van der Waals surface area (Å²) in [6.45, 7) is 4.57. The molecular weight excluding hydrogens is 346 g/mol. The lowest BCUT2D eigenvalue weighted by Gasteiger charge is -2.38. The van der Waals surface area contributed by atoms with Crippen LogP contribution in [-0.2, 0) is 11.2 Å². The largest absolute Gasteiger partial charge is 0.354 e. The van der Waals surface area contributed by atoms with E-state index in [9.17, 15) is 4.79 Å². The van der Waals surface area contributed by atoms with E-state index in [0.29, 0.717) is 13.0 Å². The Morgan fingerprint density at radius 3 is 2.38 bits per heavy atom. The summed E-state index contributed by atoms with van der Waals surface area (Å²) >= 11 is 6.46. The predicted octanol–water partition coefficient (Wildman–Crippen LogP) is 2.99. The quantitative estimate of drug-likeness (QED) is 0.847. The molecule has 1 aliphatic rings. The van der Waals surface area contributed by atoms with Crippen molar-refractivity contribution in [3.05, 3.63) is 70.7 Å². The number of nitrogens with zero attached hydrogens (tertiary/aromatic N) is 2. The van der Waals surface area contributed by atoms with E-state index in [1.54, 1.807) is 0 Å². The van der Waals surface area contributed by atoms with Gasteiger partial charge < -0.3 is 10.2 Å². The maximum Gasteiger partial charge on any atom is 0.224 e. The van der Waals surface area contributed by atoms with Crippen LogP contribution >= 0.6 is 11.6 Å². The van der Waals surface area contributed by atoms with E-state index in [0.717, 1.165) is 42.3 Å². The first-order chi connectivity index (χ1) is 12.6. The van der Waals surface area contributed by atoms with Crippen LogP contribution in [-0.4, -0.2) is 55.5 Å². The first-order valence-corrected chi connectivity index (χ1v) is 9.49. The second kappa shape index (κ2) is 9.17. The zero-order chi connectivity index (χ0) is 18.4. The lowest BCUT2D eigenvalue weighted by Crippen LogP contribution is -2.48. The summed E-state index contributed by atoms with van der Waals surface area (Å²) in [6.07, 6.45) is 0.402. The van der Waals surface area contributed by atoms with Crippen LogP contribution in [0.3, 0.4) is 0 Å². The molecule has 0 radical (unpaired) electrons. The molecule has 1 aliphatic heterocycles. The molecule has 1 N–H and O–H groups in total. The van der Waals surface area contributed by atoms with Gasteiger partial charge in [0.1, 0.15) is 0 Å². The summed E-state index contributed by atoms with van der Waals surface area (Å²) in [5, 5.41) is 3.87. The summed E-state index contributed by atoms with van der Waals surface area (Å²) in [4.78, 5) is 17.1. The summed E-state index contributed by atoms with van der Waals surface area (Å²) in [7, 11) is 2.14. The second-order valence-electron chi connectivity index (χ2n) is 6.84. The van der Waals surface area contributed by atoms with Crippen molar-refractivity contribution in [1.29, 1.82) is 0 Å². The highest BCUT2D eigenvalue weighted by atomic mass is 35.5. The number of piperazine rings is 1. The van der Waals surface area contributed by atoms with Crippen LogP contribution in [0.4, 0.5) is 0 Å². The first-order valence-electron chi connectivity index (χ1n) is 9.11. The Balaban J connectivity index is 1.67. The molecule has 2 aromatic rings. The molecule has 2 aromatic carbocycles. The van der Waals surface area contributed by atoms with Gasteiger partial charge in [0.15, 0.2) is 0 Å². The zero-order valence-electron chi connectivity index (χ0n) is 15.2. The van der Waals surface area contributed by atoms with Gasteiger partial charge in [0.2, 0.25) is 5.91 Å².